The highest BCUT2D eigenvalue weighted by Crippen LogP contribution is 2.17. The SMILES string of the molecule is CCCCCCC(C)OCc1cc(C(=O)NN)oc1C. The second-order valence-electron chi connectivity index (χ2n) is 5.14. The average molecular weight is 282 g/mol. The number of nitrogens with one attached hydrogen (secondary N) is 1. The molecule has 5 nitrogen and oxygen atoms in total. The third-order valence-electron chi connectivity index (χ3n) is 3.36. The van der Waals surface area contributed by atoms with Gasteiger partial charge in [-0.1, -0.05) is 32.6 Å². The standard InChI is InChI=1S/C15H26N2O3/c1-4-5-6-7-8-11(2)19-10-13-9-14(15(18)17-16)20-12(13)3/h9,11H,4-8,10,16H2,1-3H3,(H,17,18). The molecule has 0 saturated carbocycles. The summed E-state index contributed by atoms with van der Waals surface area (Å²) in [5, 5.41) is 0. The van der Waals surface area contributed by atoms with Crippen LogP contribution in [-0.2, 0) is 11.3 Å². The molecule has 114 valence electrons. The van der Waals surface area contributed by atoms with E-state index in [9.17, 15) is 4.79 Å². The zero-order valence-electron chi connectivity index (χ0n) is 12.7. The summed E-state index contributed by atoms with van der Waals surface area (Å²) in [5.74, 6) is 5.57. The first-order valence-electron chi connectivity index (χ1n) is 7.30. The largest absolute Gasteiger partial charge is 0.456 e. The van der Waals surface area contributed by atoms with Crippen LogP contribution in [0.4, 0.5) is 0 Å². The van der Waals surface area contributed by atoms with Crippen molar-refractivity contribution >= 4 is 5.91 Å². The first-order valence-corrected chi connectivity index (χ1v) is 7.30. The van der Waals surface area contributed by atoms with Gasteiger partial charge in [-0.05, 0) is 26.3 Å². The van der Waals surface area contributed by atoms with Gasteiger partial charge in [-0.15, -0.1) is 0 Å². The average Bonchev–Trinajstić information content (AvgIpc) is 2.82. The van der Waals surface area contributed by atoms with Gasteiger partial charge in [0.15, 0.2) is 5.76 Å². The number of amides is 1. The minimum Gasteiger partial charge on any atom is -0.456 e. The molecule has 0 aliphatic heterocycles. The Morgan fingerprint density at radius 3 is 2.85 bits per heavy atom. The van der Waals surface area contributed by atoms with E-state index in [-0.39, 0.29) is 11.9 Å². The number of nitrogen functional groups attached to an aromatic ring is 1. The van der Waals surface area contributed by atoms with Gasteiger partial charge in [0.1, 0.15) is 5.76 Å². The second-order valence-corrected chi connectivity index (χ2v) is 5.14. The normalized spacial score (nSPS) is 12.4. The number of carbonyl (C=O) groups excluding carboxylic acids is 1. The van der Waals surface area contributed by atoms with Crippen molar-refractivity contribution in [1.82, 2.24) is 5.43 Å². The van der Waals surface area contributed by atoms with Crippen LogP contribution in [0.1, 0.15) is 67.8 Å². The summed E-state index contributed by atoms with van der Waals surface area (Å²) in [7, 11) is 0. The summed E-state index contributed by atoms with van der Waals surface area (Å²) < 4.78 is 11.1. The molecule has 5 heteroatoms. The Morgan fingerprint density at radius 2 is 2.20 bits per heavy atom. The topological polar surface area (TPSA) is 77.5 Å². The van der Waals surface area contributed by atoms with Crippen LogP contribution in [0.2, 0.25) is 0 Å². The molecule has 0 aliphatic rings. The number of nitrogens with two attached hydrogens (primary N) is 1. The number of ether oxygens (including phenoxy) is 1. The number of hydrogen-bond donors (Lipinski definition) is 2. The smallest absolute Gasteiger partial charge is 0.300 e. The first-order chi connectivity index (χ1) is 9.58. The molecule has 0 radical (unpaired) electrons. The van der Waals surface area contributed by atoms with E-state index in [2.05, 4.69) is 19.3 Å². The minimum atomic E-state index is -0.424. The summed E-state index contributed by atoms with van der Waals surface area (Å²) in [5.41, 5.74) is 2.95. The van der Waals surface area contributed by atoms with Crippen molar-refractivity contribution in [2.75, 3.05) is 0 Å². The lowest BCUT2D eigenvalue weighted by atomic mass is 10.1. The minimum absolute atomic E-state index is 0.216. The number of furan rings is 1. The highest BCUT2D eigenvalue weighted by Gasteiger charge is 2.14. The lowest BCUT2D eigenvalue weighted by molar-refractivity contribution is 0.0453. The quantitative estimate of drug-likeness (QED) is 0.316. The monoisotopic (exact) mass is 282 g/mol. The maximum absolute atomic E-state index is 11.3. The lowest BCUT2D eigenvalue weighted by Crippen LogP contribution is -2.29. The van der Waals surface area contributed by atoms with Crippen molar-refractivity contribution in [3.63, 3.8) is 0 Å². The Morgan fingerprint density at radius 1 is 1.45 bits per heavy atom. The molecule has 1 amide bonds. The van der Waals surface area contributed by atoms with E-state index in [1.165, 1.54) is 25.7 Å². The van der Waals surface area contributed by atoms with Gasteiger partial charge in [-0.3, -0.25) is 10.2 Å². The summed E-state index contributed by atoms with van der Waals surface area (Å²) in [6.45, 7) is 6.56. The fraction of sp³-hybridized carbons (Fsp3) is 0.667. The Hall–Kier alpha value is -1.33. The highest BCUT2D eigenvalue weighted by atomic mass is 16.5. The van der Waals surface area contributed by atoms with Gasteiger partial charge in [-0.2, -0.15) is 0 Å². The second kappa shape index (κ2) is 8.76. The van der Waals surface area contributed by atoms with Crippen LogP contribution in [0, 0.1) is 6.92 Å². The molecule has 1 atom stereocenters. The van der Waals surface area contributed by atoms with Crippen molar-refractivity contribution in [3.8, 4) is 0 Å². The van der Waals surface area contributed by atoms with Gasteiger partial charge < -0.3 is 9.15 Å². The molecule has 1 rings (SSSR count). The molecule has 1 unspecified atom stereocenters. The molecule has 1 aromatic heterocycles. The van der Waals surface area contributed by atoms with Crippen LogP contribution in [0.25, 0.3) is 0 Å². The molecule has 0 fully saturated rings. The first kappa shape index (κ1) is 16.7. The van der Waals surface area contributed by atoms with Crippen LogP contribution >= 0.6 is 0 Å². The third-order valence-corrected chi connectivity index (χ3v) is 3.36. The molecule has 0 aromatic carbocycles. The summed E-state index contributed by atoms with van der Waals surface area (Å²) in [6, 6.07) is 1.68. The molecular weight excluding hydrogens is 256 g/mol. The van der Waals surface area contributed by atoms with Gasteiger partial charge in [0.2, 0.25) is 0 Å². The van der Waals surface area contributed by atoms with E-state index < -0.39 is 5.91 Å². The van der Waals surface area contributed by atoms with E-state index >= 15 is 0 Å². The Balaban J connectivity index is 2.37. The Kier molecular flexibility index (Phi) is 7.33. The predicted octanol–water partition coefficient (Wildman–Crippen LogP) is 3.07. The number of hydrogen-bond acceptors (Lipinski definition) is 4. The number of unbranched alkanes of at least 4 members (excludes halogenated alkanes) is 3. The zero-order chi connectivity index (χ0) is 15.0. The molecule has 0 aliphatic carbocycles. The van der Waals surface area contributed by atoms with Crippen LogP contribution in [0.3, 0.4) is 0 Å². The fourth-order valence-electron chi connectivity index (χ4n) is 2.02. The summed E-state index contributed by atoms with van der Waals surface area (Å²) in [4.78, 5) is 11.3. The lowest BCUT2D eigenvalue weighted by Gasteiger charge is -2.12. The molecule has 1 aromatic rings. The van der Waals surface area contributed by atoms with Crippen molar-refractivity contribution in [2.45, 2.75) is 65.6 Å². The zero-order valence-corrected chi connectivity index (χ0v) is 12.7. The van der Waals surface area contributed by atoms with Crippen molar-refractivity contribution in [3.05, 3.63) is 23.2 Å². The molecule has 0 spiro atoms. The Bertz CT molecular complexity index is 415. The number of hydrazine groups is 1. The third kappa shape index (κ3) is 5.35. The van der Waals surface area contributed by atoms with Crippen LogP contribution in [0.5, 0.6) is 0 Å². The number of carbonyl (C=O) groups is 1. The summed E-state index contributed by atoms with van der Waals surface area (Å²) in [6.07, 6.45) is 6.26. The van der Waals surface area contributed by atoms with Gasteiger partial charge in [0.25, 0.3) is 0 Å². The van der Waals surface area contributed by atoms with Crippen molar-refractivity contribution in [1.29, 1.82) is 0 Å². The van der Waals surface area contributed by atoms with Gasteiger partial charge in [0.05, 0.1) is 12.7 Å². The van der Waals surface area contributed by atoms with Crippen molar-refractivity contribution in [2.24, 2.45) is 5.84 Å². The van der Waals surface area contributed by atoms with Crippen LogP contribution in [0.15, 0.2) is 10.5 Å². The predicted molar refractivity (Wildman–Crippen MR) is 78.1 cm³/mol. The van der Waals surface area contributed by atoms with Gasteiger partial charge in [0, 0.05) is 5.56 Å². The van der Waals surface area contributed by atoms with E-state index in [4.69, 9.17) is 15.0 Å². The van der Waals surface area contributed by atoms with E-state index in [0.29, 0.717) is 12.4 Å². The Labute approximate surface area is 120 Å². The number of aryl methyl sites for hydroxylation is 1. The van der Waals surface area contributed by atoms with Crippen LogP contribution < -0.4 is 11.3 Å². The van der Waals surface area contributed by atoms with Crippen LogP contribution in [-0.4, -0.2) is 12.0 Å². The molecule has 20 heavy (non-hydrogen) atoms. The molecule has 3 N–H and O–H groups in total. The van der Waals surface area contributed by atoms with E-state index in [1.807, 2.05) is 6.92 Å². The highest BCUT2D eigenvalue weighted by molar-refractivity contribution is 5.91. The fourth-order valence-corrected chi connectivity index (χ4v) is 2.02. The summed E-state index contributed by atoms with van der Waals surface area (Å²) >= 11 is 0. The maximum Gasteiger partial charge on any atom is 0.300 e. The molecular formula is C15H26N2O3. The molecule has 0 bridgehead atoms. The van der Waals surface area contributed by atoms with Crippen molar-refractivity contribution < 1.29 is 13.9 Å². The maximum atomic E-state index is 11.3. The molecule has 1 heterocycles. The van der Waals surface area contributed by atoms with E-state index in [1.54, 1.807) is 6.07 Å². The molecule has 0 saturated heterocycles. The number of rotatable bonds is 9. The van der Waals surface area contributed by atoms with E-state index in [0.717, 1.165) is 12.0 Å². The van der Waals surface area contributed by atoms with Gasteiger partial charge >= 0.3 is 5.91 Å². The van der Waals surface area contributed by atoms with Gasteiger partial charge in [-0.25, -0.2) is 5.84 Å².